The van der Waals surface area contributed by atoms with Crippen molar-refractivity contribution in [2.75, 3.05) is 40.4 Å². The summed E-state index contributed by atoms with van der Waals surface area (Å²) >= 11 is 12.4. The van der Waals surface area contributed by atoms with Crippen molar-refractivity contribution in [1.82, 2.24) is 10.2 Å². The van der Waals surface area contributed by atoms with Gasteiger partial charge < -0.3 is 15.0 Å². The summed E-state index contributed by atoms with van der Waals surface area (Å²) in [7, 11) is 3.57. The number of ether oxygens (including phenoxy) is 1. The molecule has 130 valence electrons. The lowest BCUT2D eigenvalue weighted by molar-refractivity contribution is 0.157. The third kappa shape index (κ3) is 5.96. The first-order valence-electron chi connectivity index (χ1n) is 7.53. The van der Waals surface area contributed by atoms with Gasteiger partial charge in [0.05, 0.1) is 6.61 Å². The molecule has 23 heavy (non-hydrogen) atoms. The minimum Gasteiger partial charge on any atom is -0.384 e. The van der Waals surface area contributed by atoms with E-state index in [-0.39, 0.29) is 24.0 Å². The third-order valence-corrected chi connectivity index (χ3v) is 4.63. The monoisotopic (exact) mass is 471 g/mol. The van der Waals surface area contributed by atoms with Crippen molar-refractivity contribution >= 4 is 53.1 Å². The first-order chi connectivity index (χ1) is 10.7. The van der Waals surface area contributed by atoms with E-state index in [2.05, 4.69) is 15.2 Å². The zero-order valence-corrected chi connectivity index (χ0v) is 17.4. The molecule has 1 heterocycles. The number of rotatable bonds is 5. The van der Waals surface area contributed by atoms with Crippen molar-refractivity contribution in [2.24, 2.45) is 10.9 Å². The molecular weight excluding hydrogens is 448 g/mol. The summed E-state index contributed by atoms with van der Waals surface area (Å²) in [5, 5.41) is 4.82. The topological polar surface area (TPSA) is 36.9 Å². The molecule has 7 heteroatoms. The van der Waals surface area contributed by atoms with Crippen molar-refractivity contribution in [1.29, 1.82) is 0 Å². The summed E-state index contributed by atoms with van der Waals surface area (Å²) in [6.45, 7) is 3.56. The molecule has 1 aliphatic heterocycles. The van der Waals surface area contributed by atoms with Crippen LogP contribution in [0, 0.1) is 5.92 Å². The molecule has 0 aromatic heterocycles. The van der Waals surface area contributed by atoms with Gasteiger partial charge in [-0.2, -0.15) is 0 Å². The van der Waals surface area contributed by atoms with Crippen molar-refractivity contribution in [3.8, 4) is 0 Å². The molecule has 0 spiro atoms. The van der Waals surface area contributed by atoms with Crippen LogP contribution in [0.3, 0.4) is 0 Å². The number of nitrogens with zero attached hydrogens (tertiary/aromatic N) is 2. The third-order valence-electron chi connectivity index (χ3n) is 3.92. The van der Waals surface area contributed by atoms with E-state index >= 15 is 0 Å². The van der Waals surface area contributed by atoms with Crippen LogP contribution in [0.5, 0.6) is 0 Å². The number of benzene rings is 1. The Bertz CT molecular complexity index is 508. The van der Waals surface area contributed by atoms with Gasteiger partial charge in [0.2, 0.25) is 0 Å². The van der Waals surface area contributed by atoms with Gasteiger partial charge in [-0.05, 0) is 30.5 Å². The molecule has 1 saturated heterocycles. The molecule has 0 bridgehead atoms. The van der Waals surface area contributed by atoms with Gasteiger partial charge in [-0.15, -0.1) is 24.0 Å². The summed E-state index contributed by atoms with van der Waals surface area (Å²) in [4.78, 5) is 6.64. The average Bonchev–Trinajstić information content (AvgIpc) is 2.95. The number of guanidine groups is 1. The molecular formula is C16H24Cl2IN3O. The molecule has 1 N–H and O–H groups in total. The highest BCUT2D eigenvalue weighted by Gasteiger charge is 2.24. The number of likely N-dealkylation sites (tertiary alicyclic amines) is 1. The van der Waals surface area contributed by atoms with E-state index in [0.717, 1.165) is 50.6 Å². The quantitative estimate of drug-likeness (QED) is 0.404. The molecule has 0 amide bonds. The maximum Gasteiger partial charge on any atom is 0.193 e. The Morgan fingerprint density at radius 3 is 2.70 bits per heavy atom. The van der Waals surface area contributed by atoms with E-state index in [1.165, 1.54) is 0 Å². The first-order valence-corrected chi connectivity index (χ1v) is 8.28. The molecule has 1 atom stereocenters. The zero-order chi connectivity index (χ0) is 15.9. The highest BCUT2D eigenvalue weighted by molar-refractivity contribution is 14.0. The van der Waals surface area contributed by atoms with Gasteiger partial charge in [0.25, 0.3) is 0 Å². The molecule has 0 aliphatic carbocycles. The van der Waals surface area contributed by atoms with Gasteiger partial charge in [-0.1, -0.05) is 29.3 Å². The van der Waals surface area contributed by atoms with Crippen LogP contribution < -0.4 is 5.32 Å². The normalized spacial score (nSPS) is 18.0. The summed E-state index contributed by atoms with van der Waals surface area (Å²) in [6.07, 6.45) is 1.91. The summed E-state index contributed by atoms with van der Waals surface area (Å²) in [5.74, 6) is 1.52. The number of nitrogens with one attached hydrogen (secondary N) is 1. The second-order valence-electron chi connectivity index (χ2n) is 5.48. The fourth-order valence-electron chi connectivity index (χ4n) is 2.80. The lowest BCUT2D eigenvalue weighted by atomic mass is 10.1. The van der Waals surface area contributed by atoms with Crippen molar-refractivity contribution < 1.29 is 4.74 Å². The molecule has 0 radical (unpaired) electrons. The van der Waals surface area contributed by atoms with Gasteiger partial charge in [-0.3, -0.25) is 4.99 Å². The first kappa shape index (κ1) is 20.8. The second-order valence-corrected chi connectivity index (χ2v) is 6.29. The van der Waals surface area contributed by atoms with Crippen LogP contribution in [-0.2, 0) is 11.2 Å². The predicted molar refractivity (Wildman–Crippen MR) is 108 cm³/mol. The highest BCUT2D eigenvalue weighted by Crippen LogP contribution is 2.24. The molecule has 1 aliphatic rings. The SMILES string of the molecule is CN=C(NCCc1c(Cl)cccc1Cl)N1CCC(COC)C1.I. The van der Waals surface area contributed by atoms with E-state index < -0.39 is 0 Å². The number of hydrogen-bond acceptors (Lipinski definition) is 2. The van der Waals surface area contributed by atoms with E-state index in [1.807, 2.05) is 25.2 Å². The zero-order valence-electron chi connectivity index (χ0n) is 13.5. The molecule has 1 aromatic rings. The predicted octanol–water partition coefficient (Wildman–Crippen LogP) is 3.70. The van der Waals surface area contributed by atoms with E-state index in [1.54, 1.807) is 7.11 Å². The maximum absolute atomic E-state index is 6.19. The Kier molecular flexibility index (Phi) is 9.58. The Morgan fingerprint density at radius 1 is 1.39 bits per heavy atom. The van der Waals surface area contributed by atoms with Crippen molar-refractivity contribution in [2.45, 2.75) is 12.8 Å². The van der Waals surface area contributed by atoms with Crippen LogP contribution in [0.4, 0.5) is 0 Å². The largest absolute Gasteiger partial charge is 0.384 e. The second kappa shape index (κ2) is 10.6. The van der Waals surface area contributed by atoms with Crippen LogP contribution in [0.2, 0.25) is 10.0 Å². The van der Waals surface area contributed by atoms with E-state index in [0.29, 0.717) is 16.0 Å². The lowest BCUT2D eigenvalue weighted by Crippen LogP contribution is -2.41. The maximum atomic E-state index is 6.19. The van der Waals surface area contributed by atoms with Crippen LogP contribution in [0.1, 0.15) is 12.0 Å². The van der Waals surface area contributed by atoms with Crippen LogP contribution in [-0.4, -0.2) is 51.3 Å². The van der Waals surface area contributed by atoms with Gasteiger partial charge >= 0.3 is 0 Å². The summed E-state index contributed by atoms with van der Waals surface area (Å²) in [6, 6.07) is 5.60. The van der Waals surface area contributed by atoms with Crippen molar-refractivity contribution in [3.63, 3.8) is 0 Å². The number of hydrogen-bond donors (Lipinski definition) is 1. The number of aliphatic imine (C=N–C) groups is 1. The van der Waals surface area contributed by atoms with E-state index in [4.69, 9.17) is 27.9 Å². The summed E-state index contributed by atoms with van der Waals surface area (Å²) in [5.41, 5.74) is 0.979. The molecule has 0 saturated carbocycles. The molecule has 1 unspecified atom stereocenters. The molecule has 4 nitrogen and oxygen atoms in total. The minimum absolute atomic E-state index is 0. The molecule has 2 rings (SSSR count). The van der Waals surface area contributed by atoms with Crippen LogP contribution in [0.25, 0.3) is 0 Å². The number of halogens is 3. The van der Waals surface area contributed by atoms with Gasteiger partial charge in [0, 0.05) is 49.8 Å². The lowest BCUT2D eigenvalue weighted by Gasteiger charge is -2.22. The van der Waals surface area contributed by atoms with Gasteiger partial charge in [0.1, 0.15) is 0 Å². The smallest absolute Gasteiger partial charge is 0.193 e. The standard InChI is InChI=1S/C16H23Cl2N3O.HI/c1-19-16(21-9-7-12(10-21)11-22-2)20-8-6-13-14(17)4-3-5-15(13)18;/h3-5,12H,6-11H2,1-2H3,(H,19,20);1H. The number of methoxy groups -OCH3 is 1. The Labute approximate surface area is 165 Å². The minimum atomic E-state index is 0. The van der Waals surface area contributed by atoms with Crippen LogP contribution in [0.15, 0.2) is 23.2 Å². The van der Waals surface area contributed by atoms with Gasteiger partial charge in [-0.25, -0.2) is 0 Å². The average molecular weight is 472 g/mol. The van der Waals surface area contributed by atoms with Crippen molar-refractivity contribution in [3.05, 3.63) is 33.8 Å². The van der Waals surface area contributed by atoms with Gasteiger partial charge in [0.15, 0.2) is 5.96 Å². The fourth-order valence-corrected chi connectivity index (χ4v) is 3.39. The van der Waals surface area contributed by atoms with E-state index in [9.17, 15) is 0 Å². The fraction of sp³-hybridized carbons (Fsp3) is 0.562. The molecule has 1 fully saturated rings. The summed E-state index contributed by atoms with van der Waals surface area (Å²) < 4.78 is 5.24. The van der Waals surface area contributed by atoms with Crippen LogP contribution >= 0.6 is 47.2 Å². The Balaban J connectivity index is 0.00000264. The highest BCUT2D eigenvalue weighted by atomic mass is 127. The molecule has 1 aromatic carbocycles. The Hall–Kier alpha value is -0.240. The Morgan fingerprint density at radius 2 is 2.09 bits per heavy atom.